The van der Waals surface area contributed by atoms with E-state index in [4.69, 9.17) is 4.74 Å². The lowest BCUT2D eigenvalue weighted by atomic mass is 9.93. The molecule has 2 aliphatic heterocycles. The molecule has 29 heavy (non-hydrogen) atoms. The molecule has 2 saturated heterocycles. The Bertz CT molecular complexity index is 918. The third-order valence-corrected chi connectivity index (χ3v) is 5.96. The molecule has 2 aromatic carbocycles. The molecule has 152 valence electrons. The molecule has 0 N–H and O–H groups in total. The van der Waals surface area contributed by atoms with Gasteiger partial charge < -0.3 is 9.64 Å². The Hall–Kier alpha value is -2.73. The number of nitrogens with zero attached hydrogens (tertiary/aromatic N) is 2. The van der Waals surface area contributed by atoms with Crippen LogP contribution >= 0.6 is 0 Å². The zero-order valence-electron chi connectivity index (χ0n) is 16.7. The molecule has 2 fully saturated rings. The van der Waals surface area contributed by atoms with Crippen LogP contribution in [0.3, 0.4) is 0 Å². The highest BCUT2D eigenvalue weighted by Crippen LogP contribution is 2.43. The molecule has 3 atom stereocenters. The van der Waals surface area contributed by atoms with Crippen LogP contribution in [-0.2, 0) is 20.9 Å². The van der Waals surface area contributed by atoms with E-state index in [1.54, 1.807) is 6.07 Å². The minimum atomic E-state index is -0.396. The molecule has 0 bridgehead atoms. The summed E-state index contributed by atoms with van der Waals surface area (Å²) in [4.78, 5) is 29.4. The van der Waals surface area contributed by atoms with Gasteiger partial charge in [0.05, 0.1) is 25.6 Å². The van der Waals surface area contributed by atoms with Crippen molar-refractivity contribution >= 4 is 11.9 Å². The predicted molar refractivity (Wildman–Crippen MR) is 106 cm³/mol. The molecule has 0 saturated carbocycles. The summed E-state index contributed by atoms with van der Waals surface area (Å²) in [6, 6.07) is 14.3. The van der Waals surface area contributed by atoms with Crippen molar-refractivity contribution in [3.8, 4) is 0 Å². The maximum absolute atomic E-state index is 14.2. The summed E-state index contributed by atoms with van der Waals surface area (Å²) in [6.45, 7) is 3.12. The van der Waals surface area contributed by atoms with Crippen LogP contribution < -0.4 is 0 Å². The highest BCUT2D eigenvalue weighted by Gasteiger charge is 2.50. The van der Waals surface area contributed by atoms with Crippen molar-refractivity contribution in [2.45, 2.75) is 32.0 Å². The fourth-order valence-corrected chi connectivity index (χ4v) is 4.72. The molecule has 0 unspecified atom stereocenters. The topological polar surface area (TPSA) is 49.9 Å². The van der Waals surface area contributed by atoms with Gasteiger partial charge in [-0.15, -0.1) is 0 Å². The van der Waals surface area contributed by atoms with E-state index in [1.807, 2.05) is 53.1 Å². The Morgan fingerprint density at radius 3 is 2.69 bits per heavy atom. The molecule has 2 aromatic rings. The number of amides is 1. The monoisotopic (exact) mass is 396 g/mol. The molecule has 2 aliphatic rings. The van der Waals surface area contributed by atoms with Crippen molar-refractivity contribution in [2.24, 2.45) is 5.92 Å². The highest BCUT2D eigenvalue weighted by atomic mass is 19.1. The van der Waals surface area contributed by atoms with E-state index in [9.17, 15) is 14.0 Å². The Balaban J connectivity index is 1.59. The third-order valence-electron chi connectivity index (χ3n) is 5.96. The third kappa shape index (κ3) is 3.77. The van der Waals surface area contributed by atoms with Crippen molar-refractivity contribution < 1.29 is 18.7 Å². The zero-order chi connectivity index (χ0) is 20.5. The lowest BCUT2D eigenvalue weighted by molar-refractivity contribution is -0.147. The first-order valence-electron chi connectivity index (χ1n) is 9.89. The number of halogens is 1. The van der Waals surface area contributed by atoms with E-state index in [0.717, 1.165) is 11.1 Å². The maximum Gasteiger partial charge on any atom is 0.311 e. The molecule has 0 spiro atoms. The van der Waals surface area contributed by atoms with Gasteiger partial charge in [0.2, 0.25) is 5.91 Å². The van der Waals surface area contributed by atoms with Crippen LogP contribution in [0.2, 0.25) is 0 Å². The van der Waals surface area contributed by atoms with Gasteiger partial charge in [0.15, 0.2) is 0 Å². The lowest BCUT2D eigenvalue weighted by Crippen LogP contribution is -2.54. The number of ether oxygens (including phenoxy) is 1. The molecule has 5 nitrogen and oxygen atoms in total. The number of rotatable bonds is 4. The molecule has 0 aromatic heterocycles. The van der Waals surface area contributed by atoms with Crippen LogP contribution in [0, 0.1) is 18.7 Å². The van der Waals surface area contributed by atoms with Crippen molar-refractivity contribution in [3.05, 3.63) is 71.0 Å². The van der Waals surface area contributed by atoms with Gasteiger partial charge >= 0.3 is 5.97 Å². The van der Waals surface area contributed by atoms with Crippen LogP contribution in [-0.4, -0.2) is 47.9 Å². The van der Waals surface area contributed by atoms with E-state index >= 15 is 0 Å². The number of benzene rings is 2. The quantitative estimate of drug-likeness (QED) is 0.746. The molecule has 1 amide bonds. The number of piperazine rings is 1. The van der Waals surface area contributed by atoms with Crippen molar-refractivity contribution in [3.63, 3.8) is 0 Å². The molecule has 4 rings (SSSR count). The second kappa shape index (κ2) is 7.95. The maximum atomic E-state index is 14.2. The highest BCUT2D eigenvalue weighted by molar-refractivity contribution is 5.83. The molecule has 0 radical (unpaired) electrons. The van der Waals surface area contributed by atoms with Gasteiger partial charge in [0.25, 0.3) is 0 Å². The van der Waals surface area contributed by atoms with E-state index < -0.39 is 5.92 Å². The van der Waals surface area contributed by atoms with E-state index in [0.29, 0.717) is 25.1 Å². The fourth-order valence-electron chi connectivity index (χ4n) is 4.72. The van der Waals surface area contributed by atoms with Crippen molar-refractivity contribution in [2.75, 3.05) is 20.2 Å². The first-order valence-corrected chi connectivity index (χ1v) is 9.89. The van der Waals surface area contributed by atoms with Gasteiger partial charge in [-0.25, -0.2) is 4.39 Å². The summed E-state index contributed by atoms with van der Waals surface area (Å²) in [5, 5.41) is 0. The summed E-state index contributed by atoms with van der Waals surface area (Å²) < 4.78 is 19.2. The Labute approximate surface area is 170 Å². The van der Waals surface area contributed by atoms with Crippen LogP contribution in [0.25, 0.3) is 0 Å². The summed E-state index contributed by atoms with van der Waals surface area (Å²) in [5.74, 6) is -0.981. The van der Waals surface area contributed by atoms with Gasteiger partial charge in [-0.3, -0.25) is 14.5 Å². The Morgan fingerprint density at radius 1 is 1.21 bits per heavy atom. The first kappa shape index (κ1) is 19.6. The van der Waals surface area contributed by atoms with E-state index in [2.05, 4.69) is 0 Å². The number of carbonyl (C=O) groups is 2. The first-order chi connectivity index (χ1) is 14.0. The van der Waals surface area contributed by atoms with Crippen molar-refractivity contribution in [1.29, 1.82) is 0 Å². The van der Waals surface area contributed by atoms with Gasteiger partial charge in [-0.2, -0.15) is 0 Å². The minimum Gasteiger partial charge on any atom is -0.469 e. The van der Waals surface area contributed by atoms with Crippen LogP contribution in [0.1, 0.15) is 29.2 Å². The van der Waals surface area contributed by atoms with E-state index in [1.165, 1.54) is 13.2 Å². The second-order valence-electron chi connectivity index (χ2n) is 7.94. The molecular formula is C23H25FN2O3. The predicted octanol–water partition coefficient (Wildman–Crippen LogP) is 3.08. The molecule has 2 heterocycles. The van der Waals surface area contributed by atoms with E-state index in [-0.39, 0.29) is 36.3 Å². The van der Waals surface area contributed by atoms with Crippen molar-refractivity contribution in [1.82, 2.24) is 9.80 Å². The number of hydrogen-bond acceptors (Lipinski definition) is 4. The SMILES string of the molecule is COC(=O)[C@H]1C[C@H]2CN(Cc3cc(C)ccc3F)CC(=O)N2[C@H]1c1ccccc1. The number of aryl methyl sites for hydroxylation is 1. The summed E-state index contributed by atoms with van der Waals surface area (Å²) in [5.41, 5.74) is 2.52. The fraction of sp³-hybridized carbons (Fsp3) is 0.391. The molecular weight excluding hydrogens is 371 g/mol. The summed E-state index contributed by atoms with van der Waals surface area (Å²) >= 11 is 0. The van der Waals surface area contributed by atoms with Crippen LogP contribution in [0.15, 0.2) is 48.5 Å². The summed E-state index contributed by atoms with van der Waals surface area (Å²) in [6.07, 6.45) is 0.546. The van der Waals surface area contributed by atoms with Gasteiger partial charge in [0.1, 0.15) is 5.82 Å². The average molecular weight is 396 g/mol. The number of fused-ring (bicyclic) bond motifs is 1. The summed E-state index contributed by atoms with van der Waals surface area (Å²) in [7, 11) is 1.39. The normalized spacial score (nSPS) is 24.4. The van der Waals surface area contributed by atoms with Crippen LogP contribution in [0.4, 0.5) is 4.39 Å². The Morgan fingerprint density at radius 2 is 1.97 bits per heavy atom. The second-order valence-corrected chi connectivity index (χ2v) is 7.94. The number of esters is 1. The molecule has 0 aliphatic carbocycles. The zero-order valence-corrected chi connectivity index (χ0v) is 16.7. The van der Waals surface area contributed by atoms with Crippen LogP contribution in [0.5, 0.6) is 0 Å². The Kier molecular flexibility index (Phi) is 5.37. The lowest BCUT2D eigenvalue weighted by Gasteiger charge is -2.40. The largest absolute Gasteiger partial charge is 0.469 e. The number of carbonyl (C=O) groups excluding carboxylic acids is 2. The van der Waals surface area contributed by atoms with Gasteiger partial charge in [0, 0.05) is 24.7 Å². The minimum absolute atomic E-state index is 0.0328. The van der Waals surface area contributed by atoms with Gasteiger partial charge in [-0.05, 0) is 25.0 Å². The average Bonchev–Trinajstić information content (AvgIpc) is 3.11. The number of methoxy groups -OCH3 is 1. The number of hydrogen-bond donors (Lipinski definition) is 0. The smallest absolute Gasteiger partial charge is 0.311 e. The standard InChI is InChI=1S/C23H25FN2O3/c1-15-8-9-20(24)17(10-15)12-25-13-18-11-19(23(28)29-2)22(26(18)21(27)14-25)16-6-4-3-5-7-16/h3-10,18-19,22H,11-14H2,1-2H3/t18-,19-,22-/m0/s1. The molecule has 6 heteroatoms. The van der Waals surface area contributed by atoms with Gasteiger partial charge in [-0.1, -0.05) is 48.0 Å².